The molecule has 0 fully saturated rings. The number of ketones is 3. The second-order valence-electron chi connectivity index (χ2n) is 6.64. The third kappa shape index (κ3) is 3.46. The minimum atomic E-state index is -0.216. The summed E-state index contributed by atoms with van der Waals surface area (Å²) in [5.41, 5.74) is 3.23. The minimum absolute atomic E-state index is 0.0170. The SMILES string of the molecule is CC(=O)c1ccc(NC(=S)Nc2cccc3c2C(=O)c2ccccc2C3=O)cc1. The lowest BCUT2D eigenvalue weighted by Crippen LogP contribution is -2.25. The van der Waals surface area contributed by atoms with Crippen molar-refractivity contribution in [2.24, 2.45) is 0 Å². The van der Waals surface area contributed by atoms with Crippen LogP contribution in [0.5, 0.6) is 0 Å². The molecule has 0 aromatic heterocycles. The lowest BCUT2D eigenvalue weighted by atomic mass is 9.83. The number of Topliss-reactive ketones (excluding diaryl/α,β-unsaturated/α-hetero) is 1. The van der Waals surface area contributed by atoms with E-state index >= 15 is 0 Å². The van der Waals surface area contributed by atoms with Crippen LogP contribution in [0, 0.1) is 0 Å². The van der Waals surface area contributed by atoms with E-state index in [0.29, 0.717) is 39.2 Å². The van der Waals surface area contributed by atoms with E-state index in [-0.39, 0.29) is 22.5 Å². The summed E-state index contributed by atoms with van der Waals surface area (Å²) in [7, 11) is 0. The molecule has 4 rings (SSSR count). The summed E-state index contributed by atoms with van der Waals surface area (Å²) in [5.74, 6) is -0.416. The predicted octanol–water partition coefficient (Wildman–Crippen LogP) is 4.47. The lowest BCUT2D eigenvalue weighted by molar-refractivity contribution is 0.0979. The second kappa shape index (κ2) is 7.41. The van der Waals surface area contributed by atoms with Crippen molar-refractivity contribution in [3.8, 4) is 0 Å². The number of rotatable bonds is 3. The number of nitrogens with one attached hydrogen (secondary N) is 2. The van der Waals surface area contributed by atoms with Gasteiger partial charge in [0, 0.05) is 27.9 Å². The molecule has 3 aromatic carbocycles. The molecule has 0 saturated heterocycles. The van der Waals surface area contributed by atoms with Gasteiger partial charge in [0.25, 0.3) is 0 Å². The number of hydrogen-bond donors (Lipinski definition) is 2. The summed E-state index contributed by atoms with van der Waals surface area (Å²) in [6.07, 6.45) is 0. The quantitative estimate of drug-likeness (QED) is 0.390. The minimum Gasteiger partial charge on any atom is -0.332 e. The Bertz CT molecular complexity index is 1180. The summed E-state index contributed by atoms with van der Waals surface area (Å²) in [6.45, 7) is 1.50. The Kier molecular flexibility index (Phi) is 4.78. The average molecular weight is 400 g/mol. The molecule has 0 amide bonds. The largest absolute Gasteiger partial charge is 0.332 e. The highest BCUT2D eigenvalue weighted by Crippen LogP contribution is 2.32. The zero-order valence-corrected chi connectivity index (χ0v) is 16.3. The fourth-order valence-electron chi connectivity index (χ4n) is 3.32. The smallest absolute Gasteiger partial charge is 0.196 e. The van der Waals surface area contributed by atoms with Gasteiger partial charge in [-0.2, -0.15) is 0 Å². The molecule has 0 atom stereocenters. The maximum atomic E-state index is 13.0. The average Bonchev–Trinajstić information content (AvgIpc) is 2.72. The van der Waals surface area contributed by atoms with E-state index in [9.17, 15) is 14.4 Å². The zero-order chi connectivity index (χ0) is 20.5. The van der Waals surface area contributed by atoms with E-state index in [2.05, 4.69) is 10.6 Å². The molecule has 0 heterocycles. The van der Waals surface area contributed by atoms with Crippen molar-refractivity contribution in [2.45, 2.75) is 6.92 Å². The molecule has 6 heteroatoms. The van der Waals surface area contributed by atoms with Crippen LogP contribution in [-0.2, 0) is 0 Å². The number of thiocarbonyl (C=S) groups is 1. The Balaban J connectivity index is 1.60. The van der Waals surface area contributed by atoms with Gasteiger partial charge >= 0.3 is 0 Å². The van der Waals surface area contributed by atoms with E-state index < -0.39 is 0 Å². The van der Waals surface area contributed by atoms with Crippen molar-refractivity contribution in [3.63, 3.8) is 0 Å². The van der Waals surface area contributed by atoms with E-state index in [0.717, 1.165) is 0 Å². The molecule has 0 radical (unpaired) electrons. The van der Waals surface area contributed by atoms with Crippen molar-refractivity contribution in [1.82, 2.24) is 0 Å². The van der Waals surface area contributed by atoms with Crippen LogP contribution in [0.2, 0.25) is 0 Å². The summed E-state index contributed by atoms with van der Waals surface area (Å²) in [4.78, 5) is 37.2. The van der Waals surface area contributed by atoms with E-state index in [1.54, 1.807) is 66.7 Å². The molecule has 2 N–H and O–H groups in total. The number of hydrogen-bond acceptors (Lipinski definition) is 4. The van der Waals surface area contributed by atoms with Gasteiger partial charge in [-0.25, -0.2) is 0 Å². The van der Waals surface area contributed by atoms with Crippen LogP contribution in [0.3, 0.4) is 0 Å². The highest BCUT2D eigenvalue weighted by Gasteiger charge is 2.31. The molecule has 0 bridgehead atoms. The maximum Gasteiger partial charge on any atom is 0.196 e. The molecule has 0 saturated carbocycles. The van der Waals surface area contributed by atoms with Gasteiger partial charge in [-0.1, -0.05) is 36.4 Å². The fraction of sp³-hybridized carbons (Fsp3) is 0.0435. The molecule has 3 aromatic rings. The van der Waals surface area contributed by atoms with Crippen LogP contribution in [-0.4, -0.2) is 22.5 Å². The summed E-state index contributed by atoms with van der Waals surface area (Å²) in [5, 5.41) is 6.31. The fourth-order valence-corrected chi connectivity index (χ4v) is 3.55. The predicted molar refractivity (Wildman–Crippen MR) is 116 cm³/mol. The molecule has 5 nitrogen and oxygen atoms in total. The van der Waals surface area contributed by atoms with Crippen LogP contribution < -0.4 is 10.6 Å². The Morgan fingerprint density at radius 2 is 1.38 bits per heavy atom. The Hall–Kier alpha value is -3.64. The number of fused-ring (bicyclic) bond motifs is 2. The third-order valence-electron chi connectivity index (χ3n) is 4.75. The lowest BCUT2D eigenvalue weighted by Gasteiger charge is -2.21. The number of carbonyl (C=O) groups excluding carboxylic acids is 3. The Morgan fingerprint density at radius 1 is 0.759 bits per heavy atom. The van der Waals surface area contributed by atoms with Gasteiger partial charge in [-0.05, 0) is 49.5 Å². The highest BCUT2D eigenvalue weighted by atomic mass is 32.1. The van der Waals surface area contributed by atoms with E-state index in [1.165, 1.54) is 6.92 Å². The van der Waals surface area contributed by atoms with Crippen molar-refractivity contribution in [3.05, 3.63) is 94.5 Å². The van der Waals surface area contributed by atoms with Gasteiger partial charge in [0.15, 0.2) is 22.5 Å². The number of carbonyl (C=O) groups is 3. The van der Waals surface area contributed by atoms with Gasteiger partial charge in [-0.3, -0.25) is 14.4 Å². The van der Waals surface area contributed by atoms with Crippen LogP contribution in [0.15, 0.2) is 66.7 Å². The first kappa shape index (κ1) is 18.7. The van der Waals surface area contributed by atoms with Crippen molar-refractivity contribution < 1.29 is 14.4 Å². The number of anilines is 2. The summed E-state index contributed by atoms with van der Waals surface area (Å²) in [6, 6.07) is 18.8. The first-order chi connectivity index (χ1) is 14.0. The summed E-state index contributed by atoms with van der Waals surface area (Å²) >= 11 is 5.37. The van der Waals surface area contributed by atoms with Crippen LogP contribution in [0.4, 0.5) is 11.4 Å². The van der Waals surface area contributed by atoms with Gasteiger partial charge < -0.3 is 10.6 Å². The second-order valence-corrected chi connectivity index (χ2v) is 7.05. The molecule has 0 unspecified atom stereocenters. The molecule has 0 spiro atoms. The number of benzene rings is 3. The molecule has 0 aliphatic heterocycles. The van der Waals surface area contributed by atoms with E-state index in [1.807, 2.05) is 0 Å². The van der Waals surface area contributed by atoms with Gasteiger partial charge in [-0.15, -0.1) is 0 Å². The molecule has 1 aliphatic carbocycles. The van der Waals surface area contributed by atoms with Gasteiger partial charge in [0.1, 0.15) is 0 Å². The van der Waals surface area contributed by atoms with Gasteiger partial charge in [0.05, 0.1) is 11.3 Å². The summed E-state index contributed by atoms with van der Waals surface area (Å²) < 4.78 is 0. The molecule has 29 heavy (non-hydrogen) atoms. The van der Waals surface area contributed by atoms with E-state index in [4.69, 9.17) is 12.2 Å². The van der Waals surface area contributed by atoms with Crippen molar-refractivity contribution in [1.29, 1.82) is 0 Å². The molecule has 142 valence electrons. The molecular weight excluding hydrogens is 384 g/mol. The highest BCUT2D eigenvalue weighted by molar-refractivity contribution is 7.80. The van der Waals surface area contributed by atoms with Crippen molar-refractivity contribution in [2.75, 3.05) is 10.6 Å². The zero-order valence-electron chi connectivity index (χ0n) is 15.5. The van der Waals surface area contributed by atoms with Crippen molar-refractivity contribution >= 4 is 46.1 Å². The third-order valence-corrected chi connectivity index (χ3v) is 4.95. The van der Waals surface area contributed by atoms with Crippen LogP contribution >= 0.6 is 12.2 Å². The van der Waals surface area contributed by atoms with Crippen LogP contribution in [0.1, 0.15) is 49.1 Å². The Morgan fingerprint density at radius 3 is 2.03 bits per heavy atom. The molecule has 1 aliphatic rings. The topological polar surface area (TPSA) is 75.3 Å². The monoisotopic (exact) mass is 400 g/mol. The maximum absolute atomic E-state index is 13.0. The Labute approximate surface area is 172 Å². The standard InChI is InChI=1S/C23H16N2O3S/c1-13(26)14-9-11-15(12-10-14)24-23(29)25-19-8-4-7-18-20(19)22(28)17-6-3-2-5-16(17)21(18)27/h2-12H,1H3,(H2,24,25,29). The first-order valence-corrected chi connectivity index (χ1v) is 9.37. The van der Waals surface area contributed by atoms with Crippen LogP contribution in [0.25, 0.3) is 0 Å². The molecular formula is C23H16N2O3S. The van der Waals surface area contributed by atoms with Gasteiger partial charge in [0.2, 0.25) is 0 Å². The normalized spacial score (nSPS) is 12.0. The first-order valence-electron chi connectivity index (χ1n) is 8.96.